The monoisotopic (exact) mass is 432 g/mol. The molecule has 0 aliphatic carbocycles. The van der Waals surface area contributed by atoms with Crippen molar-refractivity contribution in [3.8, 4) is 17.0 Å². The van der Waals surface area contributed by atoms with Crippen LogP contribution in [0.3, 0.4) is 0 Å². The smallest absolute Gasteiger partial charge is 0.257 e. The van der Waals surface area contributed by atoms with Gasteiger partial charge in [0, 0.05) is 30.3 Å². The van der Waals surface area contributed by atoms with E-state index >= 15 is 0 Å². The van der Waals surface area contributed by atoms with Crippen LogP contribution in [-0.4, -0.2) is 53.2 Å². The summed E-state index contributed by atoms with van der Waals surface area (Å²) >= 11 is 0. The molecular weight excluding hydrogens is 404 g/mol. The number of H-pyrrole nitrogens is 1. The maximum absolute atomic E-state index is 13.2. The van der Waals surface area contributed by atoms with E-state index in [0.717, 1.165) is 17.7 Å². The third kappa shape index (κ3) is 4.66. The highest BCUT2D eigenvalue weighted by Gasteiger charge is 2.27. The lowest BCUT2D eigenvalue weighted by atomic mass is 10.0. The molecule has 7 heteroatoms. The fourth-order valence-corrected chi connectivity index (χ4v) is 3.98. The number of aromatic amines is 1. The molecule has 4 rings (SSSR count). The van der Waals surface area contributed by atoms with Gasteiger partial charge in [-0.25, -0.2) is 0 Å². The lowest BCUT2D eigenvalue weighted by molar-refractivity contribution is 0.0699. The molecule has 2 N–H and O–H groups in total. The normalized spacial score (nSPS) is 14.2. The first-order chi connectivity index (χ1) is 15.6. The van der Waals surface area contributed by atoms with Crippen LogP contribution in [0, 0.1) is 0 Å². The standard InChI is InChI=1S/C25H28N4O3/c1-3-17-4-6-18(7-5-17)23-22(16-26-28-23)25(31)29-14-12-20(13-15-29)27-24(30)19-8-10-21(32-2)11-9-19/h4-11,16,20H,3,12-15H2,1-2H3,(H,26,28)(H,27,30). The number of likely N-dealkylation sites (tertiary alicyclic amines) is 1. The van der Waals surface area contributed by atoms with Crippen molar-refractivity contribution < 1.29 is 14.3 Å². The molecule has 32 heavy (non-hydrogen) atoms. The molecule has 0 atom stereocenters. The van der Waals surface area contributed by atoms with E-state index in [9.17, 15) is 9.59 Å². The number of hydrogen-bond donors (Lipinski definition) is 2. The second-order valence-corrected chi connectivity index (χ2v) is 7.98. The van der Waals surface area contributed by atoms with Crippen molar-refractivity contribution in [2.45, 2.75) is 32.2 Å². The molecule has 0 radical (unpaired) electrons. The predicted octanol–water partition coefficient (Wildman–Crippen LogP) is 3.68. The Morgan fingerprint density at radius 2 is 1.78 bits per heavy atom. The van der Waals surface area contributed by atoms with Gasteiger partial charge in [-0.1, -0.05) is 31.2 Å². The fraction of sp³-hybridized carbons (Fsp3) is 0.320. The summed E-state index contributed by atoms with van der Waals surface area (Å²) in [6.07, 6.45) is 4.00. The quantitative estimate of drug-likeness (QED) is 0.622. The number of nitrogens with one attached hydrogen (secondary N) is 2. The van der Waals surface area contributed by atoms with Crippen LogP contribution in [0.2, 0.25) is 0 Å². The number of ether oxygens (including phenoxy) is 1. The van der Waals surface area contributed by atoms with E-state index in [0.29, 0.717) is 42.8 Å². The van der Waals surface area contributed by atoms with Crippen LogP contribution < -0.4 is 10.1 Å². The highest BCUT2D eigenvalue weighted by Crippen LogP contribution is 2.24. The maximum atomic E-state index is 13.2. The van der Waals surface area contributed by atoms with Crippen molar-refractivity contribution in [2.24, 2.45) is 0 Å². The summed E-state index contributed by atoms with van der Waals surface area (Å²) in [5, 5.41) is 10.2. The summed E-state index contributed by atoms with van der Waals surface area (Å²) in [5.41, 5.74) is 4.12. The van der Waals surface area contributed by atoms with E-state index < -0.39 is 0 Å². The number of amides is 2. The third-order valence-corrected chi connectivity index (χ3v) is 5.99. The number of piperidine rings is 1. The minimum atomic E-state index is -0.106. The van der Waals surface area contributed by atoms with Crippen LogP contribution in [0.1, 0.15) is 46.0 Å². The van der Waals surface area contributed by atoms with Gasteiger partial charge in [-0.2, -0.15) is 5.10 Å². The molecule has 1 aromatic heterocycles. The van der Waals surface area contributed by atoms with Crippen LogP contribution in [0.15, 0.2) is 54.7 Å². The van der Waals surface area contributed by atoms with Gasteiger partial charge in [0.1, 0.15) is 5.75 Å². The molecule has 0 bridgehead atoms. The summed E-state index contributed by atoms with van der Waals surface area (Å²) in [5.74, 6) is 0.576. The fourth-order valence-electron chi connectivity index (χ4n) is 3.98. The van der Waals surface area contributed by atoms with Crippen molar-refractivity contribution >= 4 is 11.8 Å². The molecule has 1 saturated heterocycles. The molecule has 0 saturated carbocycles. The number of rotatable bonds is 6. The minimum absolute atomic E-state index is 0.0340. The van der Waals surface area contributed by atoms with Crippen molar-refractivity contribution in [1.29, 1.82) is 0 Å². The Balaban J connectivity index is 1.36. The largest absolute Gasteiger partial charge is 0.497 e. The molecule has 166 valence electrons. The summed E-state index contributed by atoms with van der Waals surface area (Å²) in [7, 11) is 1.60. The van der Waals surface area contributed by atoms with Gasteiger partial charge in [-0.3, -0.25) is 14.7 Å². The second kappa shape index (κ2) is 9.68. The van der Waals surface area contributed by atoms with Crippen molar-refractivity contribution in [3.63, 3.8) is 0 Å². The number of aryl methyl sites for hydroxylation is 1. The van der Waals surface area contributed by atoms with Gasteiger partial charge in [-0.05, 0) is 49.1 Å². The number of nitrogens with zero attached hydrogens (tertiary/aromatic N) is 2. The Labute approximate surface area is 187 Å². The Morgan fingerprint density at radius 1 is 1.09 bits per heavy atom. The molecule has 1 aliphatic heterocycles. The van der Waals surface area contributed by atoms with E-state index in [1.54, 1.807) is 37.6 Å². The molecule has 2 aromatic carbocycles. The summed E-state index contributed by atoms with van der Waals surface area (Å²) in [6, 6.07) is 15.3. The van der Waals surface area contributed by atoms with Gasteiger partial charge in [0.2, 0.25) is 0 Å². The number of methoxy groups -OCH3 is 1. The van der Waals surface area contributed by atoms with E-state index in [1.165, 1.54) is 5.56 Å². The first-order valence-electron chi connectivity index (χ1n) is 11.0. The number of aromatic nitrogens is 2. The van der Waals surface area contributed by atoms with Crippen LogP contribution in [0.4, 0.5) is 0 Å². The van der Waals surface area contributed by atoms with Gasteiger partial charge in [0.05, 0.1) is 24.6 Å². The molecular formula is C25H28N4O3. The van der Waals surface area contributed by atoms with Gasteiger partial charge < -0.3 is 15.0 Å². The first kappa shape index (κ1) is 21.6. The summed E-state index contributed by atoms with van der Waals surface area (Å²) in [6.45, 7) is 3.29. The van der Waals surface area contributed by atoms with Crippen molar-refractivity contribution in [1.82, 2.24) is 20.4 Å². The SMILES string of the molecule is CCc1ccc(-c2[nH]ncc2C(=O)N2CCC(NC(=O)c3ccc(OC)cc3)CC2)cc1. The summed E-state index contributed by atoms with van der Waals surface area (Å²) < 4.78 is 5.13. The van der Waals surface area contributed by atoms with Crippen LogP contribution >= 0.6 is 0 Å². The molecule has 7 nitrogen and oxygen atoms in total. The highest BCUT2D eigenvalue weighted by atomic mass is 16.5. The number of carbonyl (C=O) groups is 2. The van der Waals surface area contributed by atoms with Crippen LogP contribution in [0.25, 0.3) is 11.3 Å². The average molecular weight is 433 g/mol. The Bertz CT molecular complexity index is 1070. The molecule has 1 aliphatic rings. The van der Waals surface area contributed by atoms with Gasteiger partial charge in [0.15, 0.2) is 0 Å². The zero-order chi connectivity index (χ0) is 22.5. The topological polar surface area (TPSA) is 87.3 Å². The first-order valence-corrected chi connectivity index (χ1v) is 11.0. The van der Waals surface area contributed by atoms with Gasteiger partial charge in [0.25, 0.3) is 11.8 Å². The third-order valence-electron chi connectivity index (χ3n) is 5.99. The lowest BCUT2D eigenvalue weighted by Crippen LogP contribution is -2.46. The molecule has 0 unspecified atom stereocenters. The predicted molar refractivity (Wildman–Crippen MR) is 123 cm³/mol. The van der Waals surface area contributed by atoms with Gasteiger partial charge >= 0.3 is 0 Å². The lowest BCUT2D eigenvalue weighted by Gasteiger charge is -2.32. The van der Waals surface area contributed by atoms with Crippen LogP contribution in [-0.2, 0) is 6.42 Å². The van der Waals surface area contributed by atoms with E-state index in [4.69, 9.17) is 4.74 Å². The molecule has 0 spiro atoms. The molecule has 2 heterocycles. The minimum Gasteiger partial charge on any atom is -0.497 e. The van der Waals surface area contributed by atoms with Crippen molar-refractivity contribution in [3.05, 3.63) is 71.4 Å². The van der Waals surface area contributed by atoms with E-state index in [-0.39, 0.29) is 17.9 Å². The number of benzene rings is 2. The average Bonchev–Trinajstić information content (AvgIpc) is 3.34. The zero-order valence-corrected chi connectivity index (χ0v) is 18.4. The zero-order valence-electron chi connectivity index (χ0n) is 18.4. The van der Waals surface area contributed by atoms with Crippen molar-refractivity contribution in [2.75, 3.05) is 20.2 Å². The van der Waals surface area contributed by atoms with Gasteiger partial charge in [-0.15, -0.1) is 0 Å². The molecule has 1 fully saturated rings. The molecule has 3 aromatic rings. The second-order valence-electron chi connectivity index (χ2n) is 7.98. The molecule has 2 amide bonds. The highest BCUT2D eigenvalue weighted by molar-refractivity contribution is 6.00. The summed E-state index contributed by atoms with van der Waals surface area (Å²) in [4.78, 5) is 27.5. The Kier molecular flexibility index (Phi) is 6.54. The Hall–Kier alpha value is -3.61. The number of carbonyl (C=O) groups excluding carboxylic acids is 2. The van der Waals surface area contributed by atoms with E-state index in [2.05, 4.69) is 34.6 Å². The Morgan fingerprint density at radius 3 is 2.41 bits per heavy atom. The maximum Gasteiger partial charge on any atom is 0.257 e. The van der Waals surface area contributed by atoms with Crippen LogP contribution in [0.5, 0.6) is 5.75 Å². The number of hydrogen-bond acceptors (Lipinski definition) is 4. The van der Waals surface area contributed by atoms with E-state index in [1.807, 2.05) is 17.0 Å².